The van der Waals surface area contributed by atoms with Crippen LogP contribution in [0.1, 0.15) is 43.4 Å². The molecule has 1 aliphatic heterocycles. The molecule has 7 heteroatoms. The predicted molar refractivity (Wildman–Crippen MR) is 88.1 cm³/mol. The molecule has 1 amide bonds. The van der Waals surface area contributed by atoms with Gasteiger partial charge < -0.3 is 10.6 Å². The Bertz CT molecular complexity index is 408. The molecule has 0 aromatic carbocycles. The summed E-state index contributed by atoms with van der Waals surface area (Å²) in [5.41, 5.74) is 0.981. The number of aromatic nitrogens is 1. The minimum atomic E-state index is 0. The number of thiazole rings is 1. The first kappa shape index (κ1) is 19.6. The molecule has 2 rings (SSSR count). The highest BCUT2D eigenvalue weighted by atomic mass is 35.5. The van der Waals surface area contributed by atoms with E-state index in [2.05, 4.69) is 22.5 Å². The van der Waals surface area contributed by atoms with Gasteiger partial charge in [0, 0.05) is 11.9 Å². The summed E-state index contributed by atoms with van der Waals surface area (Å²) < 4.78 is 0. The Morgan fingerprint density at radius 1 is 1.60 bits per heavy atom. The number of carbonyl (C=O) groups is 1. The molecule has 0 saturated carbocycles. The monoisotopic (exact) mass is 339 g/mol. The summed E-state index contributed by atoms with van der Waals surface area (Å²) in [4.78, 5) is 16.6. The van der Waals surface area contributed by atoms with Crippen molar-refractivity contribution in [2.24, 2.45) is 5.92 Å². The van der Waals surface area contributed by atoms with Crippen LogP contribution in [0.2, 0.25) is 0 Å². The molecule has 2 unspecified atom stereocenters. The second-order valence-electron chi connectivity index (χ2n) is 4.79. The number of amides is 1. The average molecular weight is 340 g/mol. The van der Waals surface area contributed by atoms with E-state index in [1.54, 1.807) is 11.3 Å². The second kappa shape index (κ2) is 9.55. The third-order valence-electron chi connectivity index (χ3n) is 3.34. The lowest BCUT2D eigenvalue weighted by atomic mass is 9.98. The topological polar surface area (TPSA) is 54.0 Å². The van der Waals surface area contributed by atoms with Crippen molar-refractivity contribution < 1.29 is 4.79 Å². The summed E-state index contributed by atoms with van der Waals surface area (Å²) in [6.45, 7) is 5.93. The van der Waals surface area contributed by atoms with Gasteiger partial charge in [0.2, 0.25) is 5.91 Å². The molecule has 2 atom stereocenters. The molecule has 2 N–H and O–H groups in total. The molecule has 0 spiro atoms. The van der Waals surface area contributed by atoms with Crippen molar-refractivity contribution in [2.45, 2.75) is 39.2 Å². The fourth-order valence-electron chi connectivity index (χ4n) is 2.17. The maximum atomic E-state index is 12.1. The van der Waals surface area contributed by atoms with Gasteiger partial charge in [-0.25, -0.2) is 4.98 Å². The lowest BCUT2D eigenvalue weighted by Crippen LogP contribution is -2.41. The van der Waals surface area contributed by atoms with Gasteiger partial charge in [-0.2, -0.15) is 0 Å². The minimum absolute atomic E-state index is 0. The third kappa shape index (κ3) is 5.20. The Hall–Kier alpha value is -0.360. The Kier molecular flexibility index (Phi) is 9.38. The number of hydrogen-bond donors (Lipinski definition) is 2. The summed E-state index contributed by atoms with van der Waals surface area (Å²) in [7, 11) is 0. The number of hydrogen-bond acceptors (Lipinski definition) is 4. The first-order valence-electron chi connectivity index (χ1n) is 6.66. The van der Waals surface area contributed by atoms with Crippen molar-refractivity contribution >= 4 is 42.1 Å². The van der Waals surface area contributed by atoms with Crippen molar-refractivity contribution in [3.63, 3.8) is 0 Å². The molecule has 1 aliphatic rings. The molecular weight excluding hydrogens is 317 g/mol. The van der Waals surface area contributed by atoms with E-state index < -0.39 is 0 Å². The average Bonchev–Trinajstić information content (AvgIpc) is 2.88. The molecule has 0 bridgehead atoms. The number of rotatable bonds is 4. The molecule has 116 valence electrons. The maximum Gasteiger partial charge on any atom is 0.224 e. The van der Waals surface area contributed by atoms with E-state index in [0.29, 0.717) is 0 Å². The van der Waals surface area contributed by atoms with Gasteiger partial charge in [-0.05, 0) is 32.7 Å². The maximum absolute atomic E-state index is 12.1. The van der Waals surface area contributed by atoms with Gasteiger partial charge in [0.25, 0.3) is 0 Å². The lowest BCUT2D eigenvalue weighted by Gasteiger charge is -2.23. The number of aryl methyl sites for hydroxylation is 1. The zero-order valence-corrected chi connectivity index (χ0v) is 14.3. The smallest absolute Gasteiger partial charge is 0.224 e. The first-order chi connectivity index (χ1) is 8.70. The van der Waals surface area contributed by atoms with Crippen LogP contribution in [0.3, 0.4) is 0 Å². The molecule has 0 aliphatic carbocycles. The van der Waals surface area contributed by atoms with Crippen molar-refractivity contribution in [1.29, 1.82) is 0 Å². The molecule has 2 heterocycles. The van der Waals surface area contributed by atoms with Crippen LogP contribution in [0.15, 0.2) is 5.38 Å². The molecule has 1 aromatic rings. The number of piperidine rings is 1. The first-order valence-corrected chi connectivity index (χ1v) is 7.54. The van der Waals surface area contributed by atoms with E-state index >= 15 is 0 Å². The van der Waals surface area contributed by atoms with E-state index in [1.807, 2.05) is 12.3 Å². The van der Waals surface area contributed by atoms with Crippen LogP contribution in [0.25, 0.3) is 0 Å². The lowest BCUT2D eigenvalue weighted by molar-refractivity contribution is -0.126. The quantitative estimate of drug-likeness (QED) is 0.886. The number of nitrogens with zero attached hydrogens (tertiary/aromatic N) is 1. The van der Waals surface area contributed by atoms with Crippen molar-refractivity contribution in [2.75, 3.05) is 13.1 Å². The van der Waals surface area contributed by atoms with Crippen molar-refractivity contribution in [1.82, 2.24) is 15.6 Å². The van der Waals surface area contributed by atoms with Gasteiger partial charge in [-0.15, -0.1) is 36.2 Å². The van der Waals surface area contributed by atoms with Crippen LogP contribution in [-0.2, 0) is 11.2 Å². The standard InChI is InChI=1S/C13H21N3OS.2ClH/c1-3-12-16-11(8-18-12)9(2)15-13(17)10-5-4-6-14-7-10;;/h8-10,14H,3-7H2,1-2H3,(H,15,17);2*1H. The van der Waals surface area contributed by atoms with E-state index in [4.69, 9.17) is 0 Å². The molecule has 0 radical (unpaired) electrons. The van der Waals surface area contributed by atoms with Gasteiger partial charge in [0.15, 0.2) is 0 Å². The largest absolute Gasteiger partial charge is 0.348 e. The number of nitrogens with one attached hydrogen (secondary N) is 2. The van der Waals surface area contributed by atoms with E-state index in [-0.39, 0.29) is 42.7 Å². The third-order valence-corrected chi connectivity index (χ3v) is 4.35. The van der Waals surface area contributed by atoms with E-state index in [0.717, 1.165) is 43.1 Å². The molecule has 4 nitrogen and oxygen atoms in total. The Morgan fingerprint density at radius 3 is 2.90 bits per heavy atom. The minimum Gasteiger partial charge on any atom is -0.348 e. The number of carbonyl (C=O) groups excluding carboxylic acids is 1. The van der Waals surface area contributed by atoms with Crippen LogP contribution in [0.4, 0.5) is 0 Å². The van der Waals surface area contributed by atoms with Gasteiger partial charge in [0.05, 0.1) is 22.7 Å². The van der Waals surface area contributed by atoms with Crippen LogP contribution >= 0.6 is 36.2 Å². The van der Waals surface area contributed by atoms with E-state index in [9.17, 15) is 4.79 Å². The zero-order valence-electron chi connectivity index (χ0n) is 11.8. The van der Waals surface area contributed by atoms with Crippen LogP contribution in [0.5, 0.6) is 0 Å². The normalized spacial score (nSPS) is 19.4. The summed E-state index contributed by atoms with van der Waals surface area (Å²) in [5, 5.41) is 9.51. The van der Waals surface area contributed by atoms with Crippen molar-refractivity contribution in [3.05, 3.63) is 16.1 Å². The fraction of sp³-hybridized carbons (Fsp3) is 0.692. The summed E-state index contributed by atoms with van der Waals surface area (Å²) >= 11 is 1.67. The van der Waals surface area contributed by atoms with Crippen LogP contribution < -0.4 is 10.6 Å². The molecule has 1 saturated heterocycles. The Balaban J connectivity index is 0.00000180. The molecular formula is C13H23Cl2N3OS. The van der Waals surface area contributed by atoms with E-state index in [1.165, 1.54) is 0 Å². The highest BCUT2D eigenvalue weighted by molar-refractivity contribution is 7.09. The SMILES string of the molecule is CCc1nc(C(C)NC(=O)C2CCCNC2)cs1.Cl.Cl. The summed E-state index contributed by atoms with van der Waals surface area (Å²) in [6.07, 6.45) is 3.03. The summed E-state index contributed by atoms with van der Waals surface area (Å²) in [6, 6.07) is 0.0102. The molecule has 20 heavy (non-hydrogen) atoms. The second-order valence-corrected chi connectivity index (χ2v) is 5.74. The van der Waals surface area contributed by atoms with Crippen molar-refractivity contribution in [3.8, 4) is 0 Å². The van der Waals surface area contributed by atoms with Gasteiger partial charge >= 0.3 is 0 Å². The Morgan fingerprint density at radius 2 is 2.35 bits per heavy atom. The number of halogens is 2. The van der Waals surface area contributed by atoms with Gasteiger partial charge in [-0.3, -0.25) is 4.79 Å². The van der Waals surface area contributed by atoms with Gasteiger partial charge in [0.1, 0.15) is 0 Å². The molecule has 1 fully saturated rings. The Labute approximate surface area is 137 Å². The highest BCUT2D eigenvalue weighted by Crippen LogP contribution is 2.18. The zero-order chi connectivity index (χ0) is 13.0. The van der Waals surface area contributed by atoms with Crippen LogP contribution in [0, 0.1) is 5.92 Å². The fourth-order valence-corrected chi connectivity index (χ4v) is 3.01. The van der Waals surface area contributed by atoms with Crippen LogP contribution in [-0.4, -0.2) is 24.0 Å². The van der Waals surface area contributed by atoms with Gasteiger partial charge in [-0.1, -0.05) is 6.92 Å². The highest BCUT2D eigenvalue weighted by Gasteiger charge is 2.22. The molecule has 1 aromatic heterocycles. The summed E-state index contributed by atoms with van der Waals surface area (Å²) in [5.74, 6) is 0.270. The predicted octanol–water partition coefficient (Wildman–Crippen LogP) is 2.73.